The molecule has 2 fully saturated rings. The fourth-order valence-electron chi connectivity index (χ4n) is 5.71. The Balaban J connectivity index is 1.23. The third-order valence-electron chi connectivity index (χ3n) is 7.18. The topological polar surface area (TPSA) is 40.6 Å². The van der Waals surface area contributed by atoms with Gasteiger partial charge < -0.3 is 9.80 Å². The van der Waals surface area contributed by atoms with Crippen LogP contribution < -0.4 is 0 Å². The molecule has 4 rings (SSSR count). The molecule has 2 atom stereocenters. The van der Waals surface area contributed by atoms with Crippen LogP contribution in [0.2, 0.25) is 0 Å². The Morgan fingerprint density at radius 1 is 0.714 bits per heavy atom. The molecule has 154 valence electrons. The molecule has 2 saturated heterocycles. The predicted octanol–water partition coefficient (Wildman–Crippen LogP) is 5.16. The van der Waals surface area contributed by atoms with Crippen LogP contribution >= 0.6 is 0 Å². The van der Waals surface area contributed by atoms with Crippen LogP contribution in [0.4, 0.5) is 0 Å². The number of hydrogen-bond acceptors (Lipinski definition) is 2. The minimum absolute atomic E-state index is 0.276. The summed E-state index contributed by atoms with van der Waals surface area (Å²) < 4.78 is 0. The van der Waals surface area contributed by atoms with E-state index in [0.717, 1.165) is 51.6 Å². The molecule has 0 aromatic rings. The zero-order chi connectivity index (χ0) is 19.3. The summed E-state index contributed by atoms with van der Waals surface area (Å²) in [5.74, 6) is 1.78. The van der Waals surface area contributed by atoms with Gasteiger partial charge in [0, 0.05) is 37.3 Å². The Hall–Kier alpha value is -1.58. The number of unbranched alkanes of at least 4 members (excludes halogenated alkanes) is 1. The van der Waals surface area contributed by atoms with Crippen LogP contribution in [0.1, 0.15) is 89.9 Å². The second-order valence-electron chi connectivity index (χ2n) is 9.10. The quantitative estimate of drug-likeness (QED) is 0.614. The summed E-state index contributed by atoms with van der Waals surface area (Å²) in [6, 6.07) is 0. The molecule has 0 bridgehead atoms. The van der Waals surface area contributed by atoms with Crippen LogP contribution in [0, 0.1) is 11.8 Å². The first-order valence-electron chi connectivity index (χ1n) is 11.7. The average molecular weight is 385 g/mol. The smallest absolute Gasteiger partial charge is 0.226 e. The number of likely N-dealkylation sites (tertiary alicyclic amines) is 2. The molecule has 0 radical (unpaired) electrons. The first-order valence-corrected chi connectivity index (χ1v) is 11.7. The second kappa shape index (κ2) is 9.28. The van der Waals surface area contributed by atoms with Gasteiger partial charge in [-0.3, -0.25) is 9.59 Å². The van der Waals surface area contributed by atoms with E-state index >= 15 is 0 Å². The van der Waals surface area contributed by atoms with Crippen molar-refractivity contribution in [2.24, 2.45) is 11.8 Å². The fourth-order valence-corrected chi connectivity index (χ4v) is 5.71. The van der Waals surface area contributed by atoms with E-state index in [1.807, 2.05) is 0 Å². The van der Waals surface area contributed by atoms with Crippen molar-refractivity contribution < 1.29 is 9.59 Å². The van der Waals surface area contributed by atoms with Crippen molar-refractivity contribution >= 4 is 11.8 Å². The van der Waals surface area contributed by atoms with Crippen molar-refractivity contribution in [3.8, 4) is 0 Å². The number of fused-ring (bicyclic) bond motifs is 2. The van der Waals surface area contributed by atoms with Gasteiger partial charge in [0.1, 0.15) is 0 Å². The lowest BCUT2D eigenvalue weighted by Crippen LogP contribution is -2.39. The maximum atomic E-state index is 12.8. The maximum Gasteiger partial charge on any atom is 0.226 e. The molecule has 0 aromatic carbocycles. The summed E-state index contributed by atoms with van der Waals surface area (Å²) in [6.45, 7) is 1.78. The van der Waals surface area contributed by atoms with E-state index in [4.69, 9.17) is 0 Å². The number of piperidine rings is 2. The Kier molecular flexibility index (Phi) is 6.54. The highest BCUT2D eigenvalue weighted by Gasteiger charge is 2.31. The van der Waals surface area contributed by atoms with Crippen LogP contribution in [0.25, 0.3) is 0 Å². The molecular weight excluding hydrogens is 348 g/mol. The van der Waals surface area contributed by atoms with Gasteiger partial charge >= 0.3 is 0 Å². The fraction of sp³-hybridized carbons (Fsp3) is 0.750. The van der Waals surface area contributed by atoms with Gasteiger partial charge in [-0.05, 0) is 88.9 Å². The lowest BCUT2D eigenvalue weighted by atomic mass is 9.84. The van der Waals surface area contributed by atoms with E-state index in [-0.39, 0.29) is 11.8 Å². The van der Waals surface area contributed by atoms with Crippen LogP contribution in [0.3, 0.4) is 0 Å². The summed E-state index contributed by atoms with van der Waals surface area (Å²) in [6.07, 6.45) is 19.5. The van der Waals surface area contributed by atoms with Crippen molar-refractivity contribution in [1.29, 1.82) is 0 Å². The van der Waals surface area contributed by atoms with Gasteiger partial charge in [-0.15, -0.1) is 0 Å². The van der Waals surface area contributed by atoms with Gasteiger partial charge in [-0.25, -0.2) is 0 Å². The lowest BCUT2D eigenvalue weighted by molar-refractivity contribution is -0.132. The highest BCUT2D eigenvalue weighted by atomic mass is 16.2. The molecule has 0 aromatic heterocycles. The third kappa shape index (κ3) is 4.36. The molecule has 4 aliphatic rings. The van der Waals surface area contributed by atoms with Crippen molar-refractivity contribution in [3.05, 3.63) is 23.5 Å². The van der Waals surface area contributed by atoms with Crippen LogP contribution in [-0.4, -0.2) is 34.7 Å². The maximum absolute atomic E-state index is 12.8. The number of nitrogens with zero attached hydrogens (tertiary/aromatic N) is 2. The zero-order valence-electron chi connectivity index (χ0n) is 17.3. The van der Waals surface area contributed by atoms with Gasteiger partial charge in [0.05, 0.1) is 0 Å². The third-order valence-corrected chi connectivity index (χ3v) is 7.18. The minimum atomic E-state index is 0.276. The Morgan fingerprint density at radius 3 is 1.61 bits per heavy atom. The van der Waals surface area contributed by atoms with E-state index in [0.29, 0.717) is 24.7 Å². The number of allylic oxidation sites excluding steroid dienone is 4. The van der Waals surface area contributed by atoms with Gasteiger partial charge in [0.25, 0.3) is 0 Å². The molecule has 2 aliphatic carbocycles. The molecule has 2 unspecified atom stereocenters. The largest absolute Gasteiger partial charge is 0.316 e. The molecule has 4 nitrogen and oxygen atoms in total. The molecular formula is C24H36N2O2. The van der Waals surface area contributed by atoms with Crippen LogP contribution in [0.5, 0.6) is 0 Å². The standard InChI is InChI=1S/C24H36N2O2/c27-23(25-17-7-11-19-9-1-3-13-21(19)25)15-5-6-16-24(28)26-18-8-12-20-10-2-4-14-22(20)26/h13-14,19-20H,1-12,15-18H2. The summed E-state index contributed by atoms with van der Waals surface area (Å²) in [5, 5.41) is 0. The molecule has 2 aliphatic heterocycles. The molecule has 0 spiro atoms. The van der Waals surface area contributed by atoms with Crippen molar-refractivity contribution in [1.82, 2.24) is 9.80 Å². The highest BCUT2D eigenvalue weighted by molar-refractivity contribution is 5.79. The minimum Gasteiger partial charge on any atom is -0.316 e. The van der Waals surface area contributed by atoms with Crippen molar-refractivity contribution in [3.63, 3.8) is 0 Å². The van der Waals surface area contributed by atoms with Crippen molar-refractivity contribution in [2.45, 2.75) is 89.9 Å². The number of rotatable bonds is 5. The molecule has 0 N–H and O–H groups in total. The Morgan fingerprint density at radius 2 is 1.14 bits per heavy atom. The number of carbonyl (C=O) groups is 2. The molecule has 28 heavy (non-hydrogen) atoms. The van der Waals surface area contributed by atoms with E-state index < -0.39 is 0 Å². The van der Waals surface area contributed by atoms with Crippen LogP contribution in [0.15, 0.2) is 23.5 Å². The second-order valence-corrected chi connectivity index (χ2v) is 9.10. The van der Waals surface area contributed by atoms with Gasteiger partial charge in [-0.2, -0.15) is 0 Å². The molecule has 2 heterocycles. The summed E-state index contributed by atoms with van der Waals surface area (Å²) in [5.41, 5.74) is 2.62. The van der Waals surface area contributed by atoms with Crippen LogP contribution in [-0.2, 0) is 9.59 Å². The summed E-state index contributed by atoms with van der Waals surface area (Å²) in [7, 11) is 0. The Labute approximate surface area is 170 Å². The monoisotopic (exact) mass is 384 g/mol. The van der Waals surface area contributed by atoms with Gasteiger partial charge in [0.15, 0.2) is 0 Å². The van der Waals surface area contributed by atoms with Gasteiger partial charge in [-0.1, -0.05) is 12.2 Å². The van der Waals surface area contributed by atoms with E-state index in [1.165, 1.54) is 49.9 Å². The molecule has 2 amide bonds. The summed E-state index contributed by atoms with van der Waals surface area (Å²) in [4.78, 5) is 29.7. The van der Waals surface area contributed by atoms with E-state index in [2.05, 4.69) is 22.0 Å². The lowest BCUT2D eigenvalue weighted by Gasteiger charge is -2.38. The van der Waals surface area contributed by atoms with E-state index in [1.54, 1.807) is 0 Å². The Bertz CT molecular complexity index is 595. The number of amides is 2. The van der Waals surface area contributed by atoms with Gasteiger partial charge in [0.2, 0.25) is 11.8 Å². The number of carbonyl (C=O) groups excluding carboxylic acids is 2. The molecule has 4 heteroatoms. The summed E-state index contributed by atoms with van der Waals surface area (Å²) >= 11 is 0. The molecule has 0 saturated carbocycles. The zero-order valence-corrected chi connectivity index (χ0v) is 17.3. The number of hydrogen-bond donors (Lipinski definition) is 0. The normalized spacial score (nSPS) is 27.4. The average Bonchev–Trinajstić information content (AvgIpc) is 2.75. The first-order chi connectivity index (χ1) is 13.7. The van der Waals surface area contributed by atoms with E-state index in [9.17, 15) is 9.59 Å². The van der Waals surface area contributed by atoms with Crippen molar-refractivity contribution in [2.75, 3.05) is 13.1 Å². The first kappa shape index (κ1) is 19.7. The predicted molar refractivity (Wildman–Crippen MR) is 111 cm³/mol. The SMILES string of the molecule is O=C(CCCCC(=O)N1CCCC2CCCC=C21)N1CCCC2CCCC=C21. The highest BCUT2D eigenvalue weighted by Crippen LogP contribution is 2.36.